The van der Waals surface area contributed by atoms with Crippen molar-refractivity contribution in [2.24, 2.45) is 0 Å². The van der Waals surface area contributed by atoms with E-state index in [0.717, 1.165) is 4.90 Å². The molecule has 3 aromatic rings. The van der Waals surface area contributed by atoms with Crippen LogP contribution < -0.4 is 11.5 Å². The predicted octanol–water partition coefficient (Wildman–Crippen LogP) is 0.916. The van der Waals surface area contributed by atoms with Gasteiger partial charge in [0.2, 0.25) is 0 Å². The number of phosphoric ester groups is 1. The van der Waals surface area contributed by atoms with E-state index in [1.54, 1.807) is 16.7 Å². The second-order valence-corrected chi connectivity index (χ2v) is 9.20. The third kappa shape index (κ3) is 3.34. The molecule has 30 heavy (non-hydrogen) atoms. The van der Waals surface area contributed by atoms with Crippen LogP contribution in [0.25, 0.3) is 11.2 Å². The average molecular weight is 452 g/mol. The van der Waals surface area contributed by atoms with Gasteiger partial charge in [0.05, 0.1) is 6.61 Å². The highest BCUT2D eigenvalue weighted by Gasteiger charge is 2.53. The van der Waals surface area contributed by atoms with Crippen LogP contribution >= 0.6 is 19.6 Å². The van der Waals surface area contributed by atoms with Crippen LogP contribution in [0.1, 0.15) is 6.23 Å². The van der Waals surface area contributed by atoms with Gasteiger partial charge < -0.3 is 26.2 Å². The average Bonchev–Trinajstić information content (AvgIpc) is 3.21. The van der Waals surface area contributed by atoms with E-state index in [0.29, 0.717) is 22.0 Å². The third-order valence-corrected chi connectivity index (χ3v) is 6.75. The molecule has 1 unspecified atom stereocenters. The molecule has 0 saturated carbocycles. The lowest BCUT2D eigenvalue weighted by Gasteiger charge is -2.27. The number of hydrogen-bond acceptors (Lipinski definition) is 11. The molecule has 0 bridgehead atoms. The van der Waals surface area contributed by atoms with Crippen LogP contribution in [-0.2, 0) is 18.3 Å². The summed E-state index contributed by atoms with van der Waals surface area (Å²) in [6.45, 7) is -0.198. The maximum atomic E-state index is 11.8. The normalized spacial score (nSPS) is 31.1. The first-order valence-electron chi connectivity index (χ1n) is 8.83. The van der Waals surface area contributed by atoms with Gasteiger partial charge in [0.1, 0.15) is 24.6 Å². The molecule has 1 aromatic carbocycles. The number of fused-ring (bicyclic) bond motifs is 2. The SMILES string of the molecule is Nc1ccc(Sc2nc3c(N)ncnc3n2[C@@H]2O[C@@H]3COP(=O)(O)O[C@H]3[C@H]2O)cc1. The molecule has 6 N–H and O–H groups in total. The molecule has 12 nitrogen and oxygen atoms in total. The standard InChI is InChI=1S/C16H17N6O6PS/c17-7-1-3-8(4-2-7)30-16-21-10-13(18)19-6-20-14(10)22(16)15-11(23)12-9(27-15)5-26-29(24,25)28-12/h1-4,6,9,11-12,15,23H,5,17H2,(H,24,25)(H2,18,19,20)/t9-,11-,12-,15-/m1/s1. The lowest BCUT2D eigenvalue weighted by molar-refractivity contribution is -0.0684. The van der Waals surface area contributed by atoms with Crippen LogP contribution in [0.5, 0.6) is 0 Å². The van der Waals surface area contributed by atoms with E-state index < -0.39 is 32.4 Å². The van der Waals surface area contributed by atoms with Crippen molar-refractivity contribution in [3.63, 3.8) is 0 Å². The summed E-state index contributed by atoms with van der Waals surface area (Å²) in [4.78, 5) is 23.2. The number of rotatable bonds is 3. The van der Waals surface area contributed by atoms with Crippen molar-refractivity contribution in [1.29, 1.82) is 0 Å². The number of benzene rings is 1. The van der Waals surface area contributed by atoms with E-state index in [2.05, 4.69) is 15.0 Å². The van der Waals surface area contributed by atoms with E-state index in [4.69, 9.17) is 25.3 Å². The second kappa shape index (κ2) is 7.17. The zero-order valence-electron chi connectivity index (χ0n) is 15.2. The summed E-state index contributed by atoms with van der Waals surface area (Å²) in [5.41, 5.74) is 13.0. The summed E-state index contributed by atoms with van der Waals surface area (Å²) in [6, 6.07) is 7.15. The summed E-state index contributed by atoms with van der Waals surface area (Å²) in [5, 5.41) is 11.3. The Balaban J connectivity index is 1.58. The first-order chi connectivity index (χ1) is 14.3. The van der Waals surface area contributed by atoms with Crippen LogP contribution in [0.15, 0.2) is 40.6 Å². The van der Waals surface area contributed by atoms with Gasteiger partial charge in [-0.15, -0.1) is 0 Å². The molecule has 5 rings (SSSR count). The number of anilines is 2. The van der Waals surface area contributed by atoms with Crippen molar-refractivity contribution in [3.8, 4) is 0 Å². The third-order valence-electron chi connectivity index (χ3n) is 4.78. The molecule has 0 radical (unpaired) electrons. The molecule has 2 aliphatic rings. The molecule has 158 valence electrons. The Hall–Kier alpha value is -2.25. The highest BCUT2D eigenvalue weighted by atomic mass is 32.2. The van der Waals surface area contributed by atoms with Gasteiger partial charge >= 0.3 is 7.82 Å². The molecular weight excluding hydrogens is 435 g/mol. The van der Waals surface area contributed by atoms with E-state index in [1.165, 1.54) is 18.1 Å². The van der Waals surface area contributed by atoms with Crippen LogP contribution in [0.4, 0.5) is 11.5 Å². The van der Waals surface area contributed by atoms with E-state index in [1.807, 2.05) is 12.1 Å². The number of nitrogen functional groups attached to an aromatic ring is 2. The summed E-state index contributed by atoms with van der Waals surface area (Å²) >= 11 is 1.28. The molecule has 14 heteroatoms. The van der Waals surface area contributed by atoms with E-state index in [9.17, 15) is 14.6 Å². The number of hydrogen-bond donors (Lipinski definition) is 4. The Bertz CT molecular complexity index is 1160. The minimum absolute atomic E-state index is 0.169. The summed E-state index contributed by atoms with van der Waals surface area (Å²) in [7, 11) is -4.25. The molecule has 2 aliphatic heterocycles. The van der Waals surface area contributed by atoms with Gasteiger partial charge in [0.15, 0.2) is 28.4 Å². The van der Waals surface area contributed by atoms with E-state index >= 15 is 0 Å². The van der Waals surface area contributed by atoms with Crippen LogP contribution in [0, 0.1) is 0 Å². The van der Waals surface area contributed by atoms with Crippen LogP contribution in [0.3, 0.4) is 0 Å². The summed E-state index contributed by atoms with van der Waals surface area (Å²) in [6.07, 6.45) is -2.80. The number of aliphatic hydroxyl groups excluding tert-OH is 1. The molecule has 4 heterocycles. The van der Waals surface area contributed by atoms with Gasteiger partial charge in [-0.2, -0.15) is 0 Å². The first kappa shape index (κ1) is 19.7. The smallest absolute Gasteiger partial charge is 0.399 e. The lowest BCUT2D eigenvalue weighted by Crippen LogP contribution is -2.39. The minimum Gasteiger partial charge on any atom is -0.399 e. The molecular formula is C16H17N6O6PS. The number of nitrogens with zero attached hydrogens (tertiary/aromatic N) is 4. The molecule has 0 amide bonds. The molecule has 0 aliphatic carbocycles. The van der Waals surface area contributed by atoms with Crippen molar-refractivity contribution in [2.45, 2.75) is 34.6 Å². The predicted molar refractivity (Wildman–Crippen MR) is 105 cm³/mol. The summed E-state index contributed by atoms with van der Waals surface area (Å²) in [5.74, 6) is 0.169. The van der Waals surface area contributed by atoms with Crippen LogP contribution in [0.2, 0.25) is 0 Å². The Morgan fingerprint density at radius 3 is 2.77 bits per heavy atom. The maximum absolute atomic E-state index is 11.8. The molecule has 2 aromatic heterocycles. The van der Waals surface area contributed by atoms with E-state index in [-0.39, 0.29) is 12.4 Å². The minimum atomic E-state index is -4.25. The Labute approximate surface area is 173 Å². The van der Waals surface area contributed by atoms with Gasteiger partial charge in [-0.05, 0) is 24.3 Å². The zero-order chi connectivity index (χ0) is 21.0. The van der Waals surface area contributed by atoms with Crippen molar-refractivity contribution in [2.75, 3.05) is 18.1 Å². The lowest BCUT2D eigenvalue weighted by atomic mass is 10.1. The fraction of sp³-hybridized carbons (Fsp3) is 0.312. The Morgan fingerprint density at radius 1 is 1.23 bits per heavy atom. The van der Waals surface area contributed by atoms with Gasteiger partial charge in [0, 0.05) is 10.6 Å². The summed E-state index contributed by atoms with van der Waals surface area (Å²) < 4.78 is 29.1. The molecule has 2 fully saturated rings. The van der Waals surface area contributed by atoms with Gasteiger partial charge in [0.25, 0.3) is 0 Å². The monoisotopic (exact) mass is 452 g/mol. The Morgan fingerprint density at radius 2 is 2.00 bits per heavy atom. The zero-order valence-corrected chi connectivity index (χ0v) is 16.9. The number of aliphatic hydroxyl groups is 1. The van der Waals surface area contributed by atoms with Gasteiger partial charge in [-0.25, -0.2) is 19.5 Å². The topological polar surface area (TPSA) is 181 Å². The molecule has 0 spiro atoms. The quantitative estimate of drug-likeness (QED) is 0.326. The first-order valence-corrected chi connectivity index (χ1v) is 11.1. The molecule has 5 atom stereocenters. The highest BCUT2D eigenvalue weighted by Crippen LogP contribution is 2.53. The largest absolute Gasteiger partial charge is 0.472 e. The second-order valence-electron chi connectivity index (χ2n) is 6.76. The molecule has 2 saturated heterocycles. The van der Waals surface area contributed by atoms with Crippen molar-refractivity contribution < 1.29 is 28.3 Å². The van der Waals surface area contributed by atoms with Gasteiger partial charge in [-0.1, -0.05) is 11.8 Å². The maximum Gasteiger partial charge on any atom is 0.472 e. The number of imidazole rings is 1. The number of phosphoric acid groups is 1. The van der Waals surface area contributed by atoms with Crippen molar-refractivity contribution >= 4 is 42.3 Å². The number of ether oxygens (including phenoxy) is 1. The fourth-order valence-corrected chi connectivity index (χ4v) is 5.27. The number of nitrogens with two attached hydrogens (primary N) is 2. The fourth-order valence-electron chi connectivity index (χ4n) is 3.40. The highest BCUT2D eigenvalue weighted by molar-refractivity contribution is 7.99. The van der Waals surface area contributed by atoms with Crippen LogP contribution in [-0.4, -0.2) is 54.4 Å². The van der Waals surface area contributed by atoms with Crippen molar-refractivity contribution in [1.82, 2.24) is 19.5 Å². The number of aromatic nitrogens is 4. The van der Waals surface area contributed by atoms with Crippen molar-refractivity contribution in [3.05, 3.63) is 30.6 Å². The van der Waals surface area contributed by atoms with Gasteiger partial charge in [-0.3, -0.25) is 13.6 Å². The Kier molecular flexibility index (Phi) is 4.71.